The minimum atomic E-state index is -0.171. The molecule has 2 heteroatoms. The fraction of sp³-hybridized carbons (Fsp3) is 0.444. The first-order chi connectivity index (χ1) is 5.04. The highest BCUT2D eigenvalue weighted by Gasteiger charge is 2.26. The summed E-state index contributed by atoms with van der Waals surface area (Å²) in [5.41, 5.74) is -0.104. The molecule has 60 valence electrons. The van der Waals surface area contributed by atoms with E-state index in [0.29, 0.717) is 0 Å². The lowest BCUT2D eigenvalue weighted by atomic mass is 9.77. The largest absolute Gasteiger partial charge is 0.741 e. The second-order valence-corrected chi connectivity index (χ2v) is 3.76. The van der Waals surface area contributed by atoms with Gasteiger partial charge in [-0.1, -0.05) is 38.2 Å². The topological polar surface area (TPSA) is 17.1 Å². The van der Waals surface area contributed by atoms with Crippen LogP contribution in [0.1, 0.15) is 13.8 Å². The smallest absolute Gasteiger partial charge is 0.0226 e. The predicted octanol–water partition coefficient (Wildman–Crippen LogP) is 1.83. The van der Waals surface area contributed by atoms with Gasteiger partial charge in [0, 0.05) is 11.0 Å². The molecule has 0 amide bonds. The molecular formula is C9H11OS-. The summed E-state index contributed by atoms with van der Waals surface area (Å²) in [6.07, 6.45) is 7.71. The van der Waals surface area contributed by atoms with Crippen molar-refractivity contribution in [1.82, 2.24) is 0 Å². The molecule has 1 unspecified atom stereocenters. The number of hydrogen-bond acceptors (Lipinski definition) is 2. The van der Waals surface area contributed by atoms with Gasteiger partial charge in [-0.25, -0.2) is 0 Å². The lowest BCUT2D eigenvalue weighted by Gasteiger charge is -2.32. The van der Waals surface area contributed by atoms with Crippen molar-refractivity contribution in [2.75, 3.05) is 0 Å². The highest BCUT2D eigenvalue weighted by Crippen LogP contribution is 2.32. The van der Waals surface area contributed by atoms with Crippen LogP contribution in [-0.2, 0) is 17.4 Å². The Kier molecular flexibility index (Phi) is 2.14. The fourth-order valence-electron chi connectivity index (χ4n) is 1.21. The van der Waals surface area contributed by atoms with Gasteiger partial charge >= 0.3 is 0 Å². The zero-order chi connectivity index (χ0) is 8.48. The maximum absolute atomic E-state index is 10.9. The number of allylic oxidation sites excluding steroid dienone is 4. The van der Waals surface area contributed by atoms with Crippen molar-refractivity contribution in [3.63, 3.8) is 0 Å². The molecule has 0 spiro atoms. The average Bonchev–Trinajstić information content (AvgIpc) is 1.85. The number of carbonyl (C=O) groups is 1. The zero-order valence-corrected chi connectivity index (χ0v) is 7.52. The summed E-state index contributed by atoms with van der Waals surface area (Å²) in [5, 5.41) is -0.171. The van der Waals surface area contributed by atoms with Gasteiger partial charge in [-0.2, -0.15) is 0 Å². The van der Waals surface area contributed by atoms with Crippen LogP contribution in [-0.4, -0.2) is 5.12 Å². The van der Waals surface area contributed by atoms with Crippen LogP contribution in [0.15, 0.2) is 24.3 Å². The molecule has 1 aliphatic rings. The Morgan fingerprint density at radius 2 is 2.09 bits per heavy atom. The highest BCUT2D eigenvalue weighted by atomic mass is 32.1. The van der Waals surface area contributed by atoms with E-state index in [1.807, 2.05) is 38.2 Å². The third-order valence-electron chi connectivity index (χ3n) is 2.00. The Labute approximate surface area is 72.6 Å². The van der Waals surface area contributed by atoms with Crippen molar-refractivity contribution >= 4 is 17.7 Å². The second-order valence-electron chi connectivity index (χ2n) is 3.36. The quantitative estimate of drug-likeness (QED) is 0.554. The van der Waals surface area contributed by atoms with Crippen LogP contribution in [0.25, 0.3) is 0 Å². The van der Waals surface area contributed by atoms with E-state index in [-0.39, 0.29) is 16.4 Å². The average molecular weight is 167 g/mol. The Balaban J connectivity index is 2.89. The summed E-state index contributed by atoms with van der Waals surface area (Å²) < 4.78 is 0. The van der Waals surface area contributed by atoms with Gasteiger partial charge in [-0.15, -0.1) is 0 Å². The molecule has 0 aromatic heterocycles. The Bertz CT molecular complexity index is 226. The molecule has 1 atom stereocenters. The van der Waals surface area contributed by atoms with Gasteiger partial charge in [0.25, 0.3) is 0 Å². The third kappa shape index (κ3) is 1.69. The summed E-state index contributed by atoms with van der Waals surface area (Å²) in [6, 6.07) is 0. The molecule has 1 nitrogen and oxygen atoms in total. The summed E-state index contributed by atoms with van der Waals surface area (Å²) in [4.78, 5) is 10.9. The van der Waals surface area contributed by atoms with E-state index < -0.39 is 0 Å². The molecule has 0 aliphatic heterocycles. The highest BCUT2D eigenvalue weighted by molar-refractivity contribution is 7.77. The molecule has 0 N–H and O–H groups in total. The molecule has 0 aromatic rings. The molecule has 0 saturated carbocycles. The summed E-state index contributed by atoms with van der Waals surface area (Å²) in [6.45, 7) is 4.03. The van der Waals surface area contributed by atoms with Gasteiger partial charge in [0.15, 0.2) is 0 Å². The maximum atomic E-state index is 10.9. The van der Waals surface area contributed by atoms with Gasteiger partial charge in [0.05, 0.1) is 0 Å². The van der Waals surface area contributed by atoms with Crippen molar-refractivity contribution in [3.05, 3.63) is 24.3 Å². The first kappa shape index (κ1) is 8.47. The van der Waals surface area contributed by atoms with Gasteiger partial charge in [-0.05, 0) is 5.41 Å². The van der Waals surface area contributed by atoms with Crippen molar-refractivity contribution in [3.8, 4) is 0 Å². The number of hydrogen-bond donors (Lipinski definition) is 0. The lowest BCUT2D eigenvalue weighted by Crippen LogP contribution is -2.27. The number of rotatable bonds is 1. The van der Waals surface area contributed by atoms with Crippen LogP contribution >= 0.6 is 0 Å². The van der Waals surface area contributed by atoms with Gasteiger partial charge in [0.1, 0.15) is 0 Å². The minimum absolute atomic E-state index is 0.104. The normalized spacial score (nSPS) is 26.9. The lowest BCUT2D eigenvalue weighted by molar-refractivity contribution is -0.115. The molecule has 1 aliphatic carbocycles. The molecule has 0 radical (unpaired) electrons. The Morgan fingerprint density at radius 3 is 2.45 bits per heavy atom. The predicted molar refractivity (Wildman–Crippen MR) is 47.9 cm³/mol. The standard InChI is InChI=1S/C9H12OS/c1-9(2)6-4-3-5-7(9)8(10)11/h3-7H,1-2H3,(H,10,11)/p-1. The Hall–Kier alpha value is -0.630. The monoisotopic (exact) mass is 167 g/mol. The molecule has 0 saturated heterocycles. The second kappa shape index (κ2) is 2.78. The van der Waals surface area contributed by atoms with E-state index in [1.54, 1.807) is 0 Å². The van der Waals surface area contributed by atoms with Crippen LogP contribution in [0.2, 0.25) is 0 Å². The molecule has 0 fully saturated rings. The zero-order valence-electron chi connectivity index (χ0n) is 6.70. The number of carbonyl (C=O) groups excluding carboxylic acids is 1. The Morgan fingerprint density at radius 1 is 1.45 bits per heavy atom. The first-order valence-electron chi connectivity index (χ1n) is 3.61. The summed E-state index contributed by atoms with van der Waals surface area (Å²) in [5.74, 6) is -0.123. The molecular weight excluding hydrogens is 156 g/mol. The van der Waals surface area contributed by atoms with Crippen LogP contribution in [0.4, 0.5) is 0 Å². The van der Waals surface area contributed by atoms with Gasteiger partial charge in [0.2, 0.25) is 0 Å². The van der Waals surface area contributed by atoms with Crippen LogP contribution in [0.5, 0.6) is 0 Å². The van der Waals surface area contributed by atoms with E-state index in [1.165, 1.54) is 0 Å². The SMILES string of the molecule is CC1(C)C=CC=CC1C(=O)[S-]. The van der Waals surface area contributed by atoms with Crippen molar-refractivity contribution in [2.24, 2.45) is 11.3 Å². The maximum Gasteiger partial charge on any atom is 0.0226 e. The fourth-order valence-corrected chi connectivity index (χ4v) is 1.60. The first-order valence-corrected chi connectivity index (χ1v) is 4.02. The van der Waals surface area contributed by atoms with Gasteiger partial charge < -0.3 is 17.4 Å². The van der Waals surface area contributed by atoms with E-state index in [9.17, 15) is 4.79 Å². The van der Waals surface area contributed by atoms with E-state index in [2.05, 4.69) is 12.6 Å². The van der Waals surface area contributed by atoms with E-state index >= 15 is 0 Å². The van der Waals surface area contributed by atoms with Crippen molar-refractivity contribution in [2.45, 2.75) is 13.8 Å². The van der Waals surface area contributed by atoms with Crippen LogP contribution in [0.3, 0.4) is 0 Å². The minimum Gasteiger partial charge on any atom is -0.741 e. The summed E-state index contributed by atoms with van der Waals surface area (Å²) >= 11 is 4.62. The molecule has 0 heterocycles. The van der Waals surface area contributed by atoms with Crippen molar-refractivity contribution in [1.29, 1.82) is 0 Å². The molecule has 11 heavy (non-hydrogen) atoms. The molecule has 0 aromatic carbocycles. The van der Waals surface area contributed by atoms with Crippen molar-refractivity contribution < 1.29 is 4.79 Å². The summed E-state index contributed by atoms with van der Waals surface area (Å²) in [7, 11) is 0. The third-order valence-corrected chi connectivity index (χ3v) is 2.25. The van der Waals surface area contributed by atoms with E-state index in [0.717, 1.165) is 0 Å². The molecule has 0 bridgehead atoms. The van der Waals surface area contributed by atoms with E-state index in [4.69, 9.17) is 0 Å². The van der Waals surface area contributed by atoms with Crippen LogP contribution in [0, 0.1) is 11.3 Å². The van der Waals surface area contributed by atoms with Gasteiger partial charge in [-0.3, -0.25) is 0 Å². The van der Waals surface area contributed by atoms with Crippen LogP contribution < -0.4 is 0 Å². The molecule has 1 rings (SSSR count).